The van der Waals surface area contributed by atoms with Gasteiger partial charge in [0, 0.05) is 24.1 Å². The fraction of sp³-hybridized carbons (Fsp3) is 0.478. The highest BCUT2D eigenvalue weighted by atomic mass is 19.1. The molecule has 2 aromatic rings. The first-order valence-corrected chi connectivity index (χ1v) is 10.1. The van der Waals surface area contributed by atoms with E-state index in [1.807, 2.05) is 27.7 Å². The summed E-state index contributed by atoms with van der Waals surface area (Å²) in [5, 5.41) is 19.5. The van der Waals surface area contributed by atoms with Crippen LogP contribution in [0.5, 0.6) is 0 Å². The number of aliphatic hydroxyl groups is 2. The zero-order valence-corrected chi connectivity index (χ0v) is 17.8. The summed E-state index contributed by atoms with van der Waals surface area (Å²) < 4.78 is 18.1. The summed E-state index contributed by atoms with van der Waals surface area (Å²) in [7, 11) is 0. The molecule has 1 fully saturated rings. The second-order valence-corrected chi connectivity index (χ2v) is 7.00. The zero-order chi connectivity index (χ0) is 21.6. The monoisotopic (exact) mass is 402 g/mol. The van der Waals surface area contributed by atoms with E-state index < -0.39 is 18.3 Å². The van der Waals surface area contributed by atoms with Crippen molar-refractivity contribution in [3.8, 4) is 0 Å². The maximum absolute atomic E-state index is 12.7. The summed E-state index contributed by atoms with van der Waals surface area (Å²) in [4.78, 5) is 8.62. The molecule has 0 bridgehead atoms. The van der Waals surface area contributed by atoms with Gasteiger partial charge < -0.3 is 14.9 Å². The summed E-state index contributed by atoms with van der Waals surface area (Å²) in [6.07, 6.45) is 3.56. The van der Waals surface area contributed by atoms with Crippen molar-refractivity contribution in [2.45, 2.75) is 71.9 Å². The smallest absolute Gasteiger partial charge is 0.125 e. The third-order valence-electron chi connectivity index (χ3n) is 4.89. The quantitative estimate of drug-likeness (QED) is 0.791. The summed E-state index contributed by atoms with van der Waals surface area (Å²) >= 11 is 0. The van der Waals surface area contributed by atoms with Gasteiger partial charge in [-0.15, -0.1) is 0 Å². The normalized spacial score (nSPS) is 22.8. The third kappa shape index (κ3) is 5.92. The van der Waals surface area contributed by atoms with Gasteiger partial charge in [-0.05, 0) is 38.5 Å². The molecule has 2 heterocycles. The SMILES string of the molecule is CC.C[C@@H]1O[C@H]([C@H](O)c2ccc(F)cc2)C[C@H]1O.Cc1nc(C)c2c(n1)CC=C2. The number of nitrogens with zero attached hydrogens (tertiary/aromatic N) is 2. The van der Waals surface area contributed by atoms with Gasteiger partial charge in [0.1, 0.15) is 17.7 Å². The van der Waals surface area contributed by atoms with Crippen molar-refractivity contribution in [1.29, 1.82) is 0 Å². The lowest BCUT2D eigenvalue weighted by atomic mass is 10.0. The summed E-state index contributed by atoms with van der Waals surface area (Å²) in [5.41, 5.74) is 4.10. The number of allylic oxidation sites excluding steroid dienone is 1. The molecule has 1 aliphatic heterocycles. The number of fused-ring (bicyclic) bond motifs is 1. The fourth-order valence-corrected chi connectivity index (χ4v) is 3.38. The molecule has 5 nitrogen and oxygen atoms in total. The Morgan fingerprint density at radius 1 is 1.14 bits per heavy atom. The molecule has 2 aliphatic rings. The van der Waals surface area contributed by atoms with Crippen LogP contribution >= 0.6 is 0 Å². The van der Waals surface area contributed by atoms with Crippen molar-refractivity contribution in [2.24, 2.45) is 0 Å². The minimum Gasteiger partial charge on any atom is -0.390 e. The third-order valence-corrected chi connectivity index (χ3v) is 4.89. The zero-order valence-electron chi connectivity index (χ0n) is 17.8. The predicted octanol–water partition coefficient (Wildman–Crippen LogP) is 4.09. The minimum atomic E-state index is -0.819. The number of aliphatic hydroxyl groups excluding tert-OH is 2. The lowest BCUT2D eigenvalue weighted by Crippen LogP contribution is -2.18. The van der Waals surface area contributed by atoms with Crippen LogP contribution < -0.4 is 0 Å². The van der Waals surface area contributed by atoms with Gasteiger partial charge in [-0.3, -0.25) is 0 Å². The van der Waals surface area contributed by atoms with E-state index in [2.05, 4.69) is 22.1 Å². The molecule has 158 valence electrons. The Labute approximate surface area is 172 Å². The molecule has 0 saturated carbocycles. The van der Waals surface area contributed by atoms with E-state index in [-0.39, 0.29) is 11.9 Å². The van der Waals surface area contributed by atoms with Crippen molar-refractivity contribution in [1.82, 2.24) is 9.97 Å². The molecule has 4 rings (SSSR count). The number of hydrogen-bond acceptors (Lipinski definition) is 5. The van der Waals surface area contributed by atoms with E-state index >= 15 is 0 Å². The minimum absolute atomic E-state index is 0.264. The summed E-state index contributed by atoms with van der Waals surface area (Å²) in [6.45, 7) is 9.73. The Morgan fingerprint density at radius 3 is 2.38 bits per heavy atom. The molecule has 29 heavy (non-hydrogen) atoms. The van der Waals surface area contributed by atoms with Crippen molar-refractivity contribution in [3.63, 3.8) is 0 Å². The van der Waals surface area contributed by atoms with Gasteiger partial charge in [-0.1, -0.05) is 38.1 Å². The van der Waals surface area contributed by atoms with E-state index in [9.17, 15) is 14.6 Å². The molecule has 0 amide bonds. The first-order chi connectivity index (χ1) is 13.8. The second kappa shape index (κ2) is 10.6. The maximum Gasteiger partial charge on any atom is 0.125 e. The Kier molecular flexibility index (Phi) is 8.44. The van der Waals surface area contributed by atoms with Crippen molar-refractivity contribution >= 4 is 6.08 Å². The number of aromatic nitrogens is 2. The van der Waals surface area contributed by atoms with Crippen molar-refractivity contribution in [3.05, 3.63) is 64.5 Å². The van der Waals surface area contributed by atoms with E-state index in [1.54, 1.807) is 6.92 Å². The van der Waals surface area contributed by atoms with E-state index in [0.717, 1.165) is 17.9 Å². The standard InChI is InChI=1S/C12H15FO3.C9H10N2.C2H6/c1-7-10(14)6-11(16-7)12(15)8-2-4-9(13)5-3-8;1-6-8-4-3-5-9(8)11-7(2)10-6;1-2/h2-5,7,10-12,14-15H,6H2,1H3;3-4H,5H2,1-2H3;1-2H3/t7-,10+,11-,12+;;/m0../s1. The lowest BCUT2D eigenvalue weighted by molar-refractivity contribution is -0.0380. The molecule has 1 aliphatic carbocycles. The van der Waals surface area contributed by atoms with Crippen molar-refractivity contribution in [2.75, 3.05) is 0 Å². The van der Waals surface area contributed by atoms with Crippen LogP contribution in [-0.2, 0) is 11.2 Å². The maximum atomic E-state index is 12.7. The summed E-state index contributed by atoms with van der Waals surface area (Å²) in [6, 6.07) is 5.65. The molecule has 1 aromatic heterocycles. The van der Waals surface area contributed by atoms with Crippen LogP contribution in [0.4, 0.5) is 4.39 Å². The fourth-order valence-electron chi connectivity index (χ4n) is 3.38. The number of benzene rings is 1. The Hall–Kier alpha value is -2.15. The predicted molar refractivity (Wildman–Crippen MR) is 112 cm³/mol. The summed E-state index contributed by atoms with van der Waals surface area (Å²) in [5.74, 6) is 0.543. The van der Waals surface area contributed by atoms with Crippen LogP contribution in [0.15, 0.2) is 30.3 Å². The Bertz CT molecular complexity index is 814. The number of hydrogen-bond donors (Lipinski definition) is 2. The van der Waals surface area contributed by atoms with Crippen LogP contribution in [0.1, 0.15) is 61.6 Å². The van der Waals surface area contributed by atoms with Gasteiger partial charge in [-0.2, -0.15) is 0 Å². The Morgan fingerprint density at radius 2 is 1.79 bits per heavy atom. The molecule has 4 atom stereocenters. The highest BCUT2D eigenvalue weighted by molar-refractivity contribution is 5.59. The highest BCUT2D eigenvalue weighted by Crippen LogP contribution is 2.30. The Balaban J connectivity index is 0.000000201. The van der Waals surface area contributed by atoms with Gasteiger partial charge in [0.15, 0.2) is 0 Å². The van der Waals surface area contributed by atoms with Crippen LogP contribution in [0.3, 0.4) is 0 Å². The first kappa shape index (κ1) is 23.1. The molecule has 1 saturated heterocycles. The van der Waals surface area contributed by atoms with Crippen molar-refractivity contribution < 1.29 is 19.3 Å². The van der Waals surface area contributed by atoms with Crippen LogP contribution in [0, 0.1) is 19.7 Å². The molecular formula is C23H31FN2O3. The first-order valence-electron chi connectivity index (χ1n) is 10.1. The molecule has 1 aromatic carbocycles. The van der Waals surface area contributed by atoms with Gasteiger partial charge in [0.2, 0.25) is 0 Å². The van der Waals surface area contributed by atoms with Gasteiger partial charge in [-0.25, -0.2) is 14.4 Å². The van der Waals surface area contributed by atoms with E-state index in [0.29, 0.717) is 12.0 Å². The number of rotatable bonds is 2. The molecule has 0 unspecified atom stereocenters. The number of aryl methyl sites for hydroxylation is 2. The van der Waals surface area contributed by atoms with Gasteiger partial charge in [0.05, 0.1) is 24.0 Å². The van der Waals surface area contributed by atoms with Crippen LogP contribution in [0.2, 0.25) is 0 Å². The molecule has 2 N–H and O–H groups in total. The number of halogens is 1. The average Bonchev–Trinajstić information content (AvgIpc) is 3.31. The van der Waals surface area contributed by atoms with E-state index in [4.69, 9.17) is 4.74 Å². The van der Waals surface area contributed by atoms with Crippen LogP contribution in [0.25, 0.3) is 6.08 Å². The lowest BCUT2D eigenvalue weighted by Gasteiger charge is -2.18. The molecule has 0 radical (unpaired) electrons. The molecule has 6 heteroatoms. The molecular weight excluding hydrogens is 371 g/mol. The number of ether oxygens (including phenoxy) is 1. The van der Waals surface area contributed by atoms with Gasteiger partial charge >= 0.3 is 0 Å². The van der Waals surface area contributed by atoms with E-state index in [1.165, 1.54) is 35.5 Å². The highest BCUT2D eigenvalue weighted by Gasteiger charge is 2.35. The topological polar surface area (TPSA) is 75.5 Å². The van der Waals surface area contributed by atoms with Crippen LogP contribution in [-0.4, -0.2) is 38.5 Å². The largest absolute Gasteiger partial charge is 0.390 e. The average molecular weight is 403 g/mol. The second-order valence-electron chi connectivity index (χ2n) is 7.00. The molecule has 0 spiro atoms. The van der Waals surface area contributed by atoms with Gasteiger partial charge in [0.25, 0.3) is 0 Å².